The molecule has 1 heterocycles. The molecule has 1 unspecified atom stereocenters. The molecule has 1 atom stereocenters. The second-order valence-corrected chi connectivity index (χ2v) is 7.91. The highest BCUT2D eigenvalue weighted by molar-refractivity contribution is 7.12. The molecule has 0 radical (unpaired) electrons. The van der Waals surface area contributed by atoms with Crippen molar-refractivity contribution in [2.24, 2.45) is 11.7 Å². The van der Waals surface area contributed by atoms with Gasteiger partial charge < -0.3 is 5.73 Å². The summed E-state index contributed by atoms with van der Waals surface area (Å²) in [6.07, 6.45) is 8.23. The van der Waals surface area contributed by atoms with Gasteiger partial charge in [0.1, 0.15) is 0 Å². The average Bonchev–Trinajstić information content (AvgIpc) is 2.79. The van der Waals surface area contributed by atoms with Gasteiger partial charge in [-0.15, -0.1) is 11.3 Å². The van der Waals surface area contributed by atoms with Crippen LogP contribution in [0.5, 0.6) is 0 Å². The lowest BCUT2D eigenvalue weighted by Gasteiger charge is -2.24. The monoisotopic (exact) mass is 265 g/mol. The van der Waals surface area contributed by atoms with Gasteiger partial charge >= 0.3 is 0 Å². The Bertz CT molecular complexity index is 369. The highest BCUT2D eigenvalue weighted by atomic mass is 32.1. The summed E-state index contributed by atoms with van der Waals surface area (Å²) < 4.78 is 0. The van der Waals surface area contributed by atoms with Gasteiger partial charge in [0.2, 0.25) is 0 Å². The van der Waals surface area contributed by atoms with Crippen molar-refractivity contribution >= 4 is 11.3 Å². The molecule has 0 saturated heterocycles. The Hall–Kier alpha value is -0.340. The zero-order chi connectivity index (χ0) is 13.2. The SMILES string of the molecule is CC(C)(C)c1ccc(C(N)CC2CCCCC2)s1. The maximum absolute atomic E-state index is 6.39. The van der Waals surface area contributed by atoms with Crippen LogP contribution in [0.1, 0.15) is 75.1 Å². The predicted octanol–water partition coefficient (Wildman–Crippen LogP) is 5.02. The Kier molecular flexibility index (Phi) is 4.50. The van der Waals surface area contributed by atoms with Gasteiger partial charge in [0, 0.05) is 15.8 Å². The molecule has 0 spiro atoms. The molecule has 1 nitrogen and oxygen atoms in total. The van der Waals surface area contributed by atoms with Crippen LogP contribution in [0.25, 0.3) is 0 Å². The molecule has 0 bridgehead atoms. The van der Waals surface area contributed by atoms with Crippen molar-refractivity contribution in [3.05, 3.63) is 21.9 Å². The third-order valence-corrected chi connectivity index (χ3v) is 5.69. The normalized spacial score (nSPS) is 20.0. The Balaban J connectivity index is 1.96. The number of hydrogen-bond donors (Lipinski definition) is 1. The molecule has 0 aliphatic heterocycles. The quantitative estimate of drug-likeness (QED) is 0.816. The largest absolute Gasteiger partial charge is 0.323 e. The summed E-state index contributed by atoms with van der Waals surface area (Å²) in [6, 6.07) is 4.77. The lowest BCUT2D eigenvalue weighted by atomic mass is 9.85. The zero-order valence-corrected chi connectivity index (χ0v) is 12.9. The van der Waals surface area contributed by atoms with Gasteiger partial charge in [0.15, 0.2) is 0 Å². The van der Waals surface area contributed by atoms with E-state index in [0.29, 0.717) is 0 Å². The molecule has 0 aromatic carbocycles. The Morgan fingerprint density at radius 2 is 1.89 bits per heavy atom. The van der Waals surface area contributed by atoms with E-state index in [2.05, 4.69) is 32.9 Å². The van der Waals surface area contributed by atoms with E-state index >= 15 is 0 Å². The maximum atomic E-state index is 6.39. The van der Waals surface area contributed by atoms with E-state index in [4.69, 9.17) is 5.73 Å². The third-order valence-electron chi connectivity index (χ3n) is 4.04. The van der Waals surface area contributed by atoms with Gasteiger partial charge in [-0.1, -0.05) is 52.9 Å². The molecule has 1 aliphatic carbocycles. The van der Waals surface area contributed by atoms with Crippen LogP contribution < -0.4 is 5.73 Å². The molecule has 102 valence electrons. The van der Waals surface area contributed by atoms with Crippen molar-refractivity contribution in [2.75, 3.05) is 0 Å². The molecule has 1 aromatic rings. The lowest BCUT2D eigenvalue weighted by molar-refractivity contribution is 0.320. The van der Waals surface area contributed by atoms with E-state index in [1.165, 1.54) is 48.3 Å². The van der Waals surface area contributed by atoms with Gasteiger partial charge in [-0.05, 0) is 29.9 Å². The molecule has 2 N–H and O–H groups in total. The molecule has 1 fully saturated rings. The molecule has 2 rings (SSSR count). The molecule has 1 aliphatic rings. The summed E-state index contributed by atoms with van der Waals surface area (Å²) in [5, 5.41) is 0. The topological polar surface area (TPSA) is 26.0 Å². The fraction of sp³-hybridized carbons (Fsp3) is 0.750. The van der Waals surface area contributed by atoms with Crippen LogP contribution in [-0.4, -0.2) is 0 Å². The van der Waals surface area contributed by atoms with Gasteiger partial charge in [0.25, 0.3) is 0 Å². The molecular formula is C16H27NS. The Morgan fingerprint density at radius 1 is 1.22 bits per heavy atom. The number of rotatable bonds is 3. The molecule has 18 heavy (non-hydrogen) atoms. The maximum Gasteiger partial charge on any atom is 0.0392 e. The summed E-state index contributed by atoms with van der Waals surface area (Å²) in [5.74, 6) is 0.869. The smallest absolute Gasteiger partial charge is 0.0392 e. The third kappa shape index (κ3) is 3.58. The van der Waals surface area contributed by atoms with Crippen molar-refractivity contribution in [2.45, 2.75) is 70.8 Å². The minimum atomic E-state index is 0.257. The molecule has 1 saturated carbocycles. The number of thiophene rings is 1. The average molecular weight is 265 g/mol. The molecule has 2 heteroatoms. The lowest BCUT2D eigenvalue weighted by Crippen LogP contribution is -2.16. The van der Waals surface area contributed by atoms with E-state index in [-0.39, 0.29) is 11.5 Å². The second-order valence-electron chi connectivity index (χ2n) is 6.80. The van der Waals surface area contributed by atoms with E-state index in [9.17, 15) is 0 Å². The van der Waals surface area contributed by atoms with E-state index < -0.39 is 0 Å². The van der Waals surface area contributed by atoms with Crippen molar-refractivity contribution < 1.29 is 0 Å². The van der Waals surface area contributed by atoms with Crippen LogP contribution in [0.2, 0.25) is 0 Å². The van der Waals surface area contributed by atoms with Crippen LogP contribution in [0.4, 0.5) is 0 Å². The summed E-state index contributed by atoms with van der Waals surface area (Å²) in [4.78, 5) is 2.84. The first-order chi connectivity index (χ1) is 8.47. The molecular weight excluding hydrogens is 238 g/mol. The van der Waals surface area contributed by atoms with Crippen molar-refractivity contribution in [1.29, 1.82) is 0 Å². The standard InChI is InChI=1S/C16H27NS/c1-16(2,3)15-10-9-14(18-15)13(17)11-12-7-5-4-6-8-12/h9-10,12-13H,4-8,11,17H2,1-3H3. The minimum Gasteiger partial charge on any atom is -0.323 e. The second kappa shape index (κ2) is 5.75. The summed E-state index contributed by atoms with van der Waals surface area (Å²) in [7, 11) is 0. The highest BCUT2D eigenvalue weighted by Gasteiger charge is 2.21. The van der Waals surface area contributed by atoms with E-state index in [1.807, 2.05) is 11.3 Å². The van der Waals surface area contributed by atoms with Crippen LogP contribution in [0.15, 0.2) is 12.1 Å². The predicted molar refractivity (Wildman–Crippen MR) is 81.1 cm³/mol. The van der Waals surface area contributed by atoms with Crippen LogP contribution in [-0.2, 0) is 5.41 Å². The molecule has 1 aromatic heterocycles. The Morgan fingerprint density at radius 3 is 2.44 bits per heavy atom. The summed E-state index contributed by atoms with van der Waals surface area (Å²) in [6.45, 7) is 6.82. The molecule has 0 amide bonds. The summed E-state index contributed by atoms with van der Waals surface area (Å²) in [5.41, 5.74) is 6.65. The van der Waals surface area contributed by atoms with Crippen LogP contribution in [0, 0.1) is 5.92 Å². The Labute approximate surface area is 116 Å². The fourth-order valence-corrected chi connectivity index (χ4v) is 3.93. The highest BCUT2D eigenvalue weighted by Crippen LogP contribution is 2.36. The minimum absolute atomic E-state index is 0.257. The first-order valence-corrected chi connectivity index (χ1v) is 8.14. The first kappa shape index (κ1) is 14.1. The van der Waals surface area contributed by atoms with Gasteiger partial charge in [-0.25, -0.2) is 0 Å². The van der Waals surface area contributed by atoms with Crippen molar-refractivity contribution in [1.82, 2.24) is 0 Å². The number of nitrogens with two attached hydrogens (primary N) is 1. The summed E-state index contributed by atoms with van der Waals surface area (Å²) >= 11 is 1.91. The van der Waals surface area contributed by atoms with Crippen LogP contribution >= 0.6 is 11.3 Å². The van der Waals surface area contributed by atoms with Gasteiger partial charge in [0.05, 0.1) is 0 Å². The van der Waals surface area contributed by atoms with Gasteiger partial charge in [-0.2, -0.15) is 0 Å². The van der Waals surface area contributed by atoms with Gasteiger partial charge in [-0.3, -0.25) is 0 Å². The van der Waals surface area contributed by atoms with Crippen LogP contribution in [0.3, 0.4) is 0 Å². The fourth-order valence-electron chi connectivity index (χ4n) is 2.85. The van der Waals surface area contributed by atoms with E-state index in [1.54, 1.807) is 0 Å². The van der Waals surface area contributed by atoms with Crippen molar-refractivity contribution in [3.8, 4) is 0 Å². The zero-order valence-electron chi connectivity index (χ0n) is 12.0. The van der Waals surface area contributed by atoms with E-state index in [0.717, 1.165) is 5.92 Å². The number of hydrogen-bond acceptors (Lipinski definition) is 2. The first-order valence-electron chi connectivity index (χ1n) is 7.32. The van der Waals surface area contributed by atoms with Crippen molar-refractivity contribution in [3.63, 3.8) is 0 Å².